The Morgan fingerprint density at radius 1 is 0.882 bits per heavy atom. The van der Waals surface area contributed by atoms with Crippen LogP contribution in [0.2, 0.25) is 0 Å². The van der Waals surface area contributed by atoms with Gasteiger partial charge in [0.25, 0.3) is 0 Å². The lowest BCUT2D eigenvalue weighted by Gasteiger charge is -1.97. The van der Waals surface area contributed by atoms with Crippen molar-refractivity contribution in [2.24, 2.45) is 0 Å². The van der Waals surface area contributed by atoms with Crippen molar-refractivity contribution in [2.75, 3.05) is 0 Å². The van der Waals surface area contributed by atoms with E-state index in [9.17, 15) is 0 Å². The van der Waals surface area contributed by atoms with E-state index in [0.29, 0.717) is 0 Å². The van der Waals surface area contributed by atoms with Gasteiger partial charge >= 0.3 is 9.39 Å². The summed E-state index contributed by atoms with van der Waals surface area (Å²) in [6, 6.07) is 6.22. The van der Waals surface area contributed by atoms with Gasteiger partial charge in [-0.2, -0.15) is 0 Å². The van der Waals surface area contributed by atoms with Crippen LogP contribution in [0.4, 0.5) is 0 Å². The lowest BCUT2D eigenvalue weighted by Crippen LogP contribution is -2.32. The topological polar surface area (TPSA) is 3.88 Å². The van der Waals surface area contributed by atoms with Crippen molar-refractivity contribution >= 4 is 49.6 Å². The number of rotatable bonds is 5. The molecule has 0 spiro atoms. The highest BCUT2D eigenvalue weighted by Gasteiger charge is 2.14. The van der Waals surface area contributed by atoms with Crippen LogP contribution in [0.5, 0.6) is 0 Å². The molecule has 0 atom stereocenters. The summed E-state index contributed by atoms with van der Waals surface area (Å²) in [7, 11) is 17.0. The minimum absolute atomic E-state index is 1.17. The van der Waals surface area contributed by atoms with E-state index in [0.717, 1.165) is 0 Å². The number of halogens is 4. The van der Waals surface area contributed by atoms with Crippen LogP contribution in [0, 0.1) is 0 Å². The fraction of sp³-hybridized carbons (Fsp3) is 0.545. The van der Waals surface area contributed by atoms with Gasteiger partial charge < -0.3 is 40.2 Å². The standard InChI is InChI=1S/C11H18N.Al.4ClH/c1-2-3-4-6-9-12-10-7-5-8-11-12;;;;;/h5,7-8,10-11H,2-4,6,9H2,1H3;;4*1H/q+1;+3;;;;/p-4. The molecule has 1 rings (SSSR count). The summed E-state index contributed by atoms with van der Waals surface area (Å²) in [4.78, 5) is 0. The molecule has 6 heteroatoms. The van der Waals surface area contributed by atoms with Gasteiger partial charge in [-0.05, 0) is 6.42 Å². The maximum Gasteiger partial charge on any atom is 0.564 e. The van der Waals surface area contributed by atoms with Crippen molar-refractivity contribution < 1.29 is 4.57 Å². The lowest BCUT2D eigenvalue weighted by molar-refractivity contribution is -0.697. The summed E-state index contributed by atoms with van der Waals surface area (Å²) in [5.41, 5.74) is 0. The van der Waals surface area contributed by atoms with Crippen LogP contribution in [0.15, 0.2) is 30.6 Å². The molecule has 0 aliphatic heterocycles. The molecule has 0 fully saturated rings. The van der Waals surface area contributed by atoms with Crippen molar-refractivity contribution in [3.63, 3.8) is 0 Å². The largest absolute Gasteiger partial charge is 0.564 e. The number of aromatic nitrogens is 1. The smallest absolute Gasteiger partial charge is 0.391 e. The third-order valence-electron chi connectivity index (χ3n) is 2.05. The molecule has 0 aliphatic rings. The summed E-state index contributed by atoms with van der Waals surface area (Å²) < 4.78 is 2.25. The second-order valence-electron chi connectivity index (χ2n) is 3.67. The van der Waals surface area contributed by atoms with Gasteiger partial charge in [0.2, 0.25) is 0 Å². The van der Waals surface area contributed by atoms with E-state index in [1.165, 1.54) is 32.2 Å². The van der Waals surface area contributed by atoms with Gasteiger partial charge in [-0.25, -0.2) is 4.57 Å². The summed E-state index contributed by atoms with van der Waals surface area (Å²) in [6.45, 7) is 3.41. The molecule has 1 aromatic heterocycles. The Kier molecular flexibility index (Phi) is 11.3. The predicted octanol–water partition coefficient (Wildman–Crippen LogP) is 4.93. The highest BCUT2D eigenvalue weighted by atomic mass is 35.9. The Morgan fingerprint density at radius 3 is 1.88 bits per heavy atom. The first-order chi connectivity index (χ1) is 7.93. The molecule has 0 amide bonds. The van der Waals surface area contributed by atoms with Crippen LogP contribution in [0.25, 0.3) is 0 Å². The van der Waals surface area contributed by atoms with E-state index >= 15 is 0 Å². The van der Waals surface area contributed by atoms with Crippen LogP contribution < -0.4 is 4.57 Å². The van der Waals surface area contributed by atoms with Gasteiger partial charge in [0.15, 0.2) is 12.4 Å². The normalized spacial score (nSPS) is 10.6. The Labute approximate surface area is 123 Å². The zero-order valence-electron chi connectivity index (χ0n) is 9.96. The lowest BCUT2D eigenvalue weighted by atomic mass is 10.2. The fourth-order valence-electron chi connectivity index (χ4n) is 1.30. The summed E-state index contributed by atoms with van der Waals surface area (Å²) >= 11 is 0. The van der Waals surface area contributed by atoms with Crippen molar-refractivity contribution in [3.8, 4) is 0 Å². The molecule has 0 N–H and O–H groups in total. The predicted molar refractivity (Wildman–Crippen MR) is 79.9 cm³/mol. The SMILES string of the molecule is CCCCCC[n+]1ccccc1.[Cl][Al-]([Cl])([Cl])[Cl]. The van der Waals surface area contributed by atoms with Crippen molar-refractivity contribution in [1.82, 2.24) is 0 Å². The van der Waals surface area contributed by atoms with Crippen LogP contribution in [-0.4, -0.2) is 9.39 Å². The van der Waals surface area contributed by atoms with E-state index in [2.05, 4.69) is 42.1 Å². The zero-order chi connectivity index (χ0) is 13.1. The molecule has 1 nitrogen and oxygen atoms in total. The first-order valence-electron chi connectivity index (χ1n) is 5.75. The number of nitrogens with zero attached hydrogens (tertiary/aromatic N) is 1. The number of hydrogen-bond acceptors (Lipinski definition) is 0. The molecular weight excluding hydrogens is 315 g/mol. The van der Waals surface area contributed by atoms with Gasteiger partial charge in [-0.15, -0.1) is 0 Å². The minimum Gasteiger partial charge on any atom is -0.391 e. The van der Waals surface area contributed by atoms with Gasteiger partial charge in [-0.3, -0.25) is 0 Å². The first kappa shape index (κ1) is 17.8. The Balaban J connectivity index is 0.000000437. The van der Waals surface area contributed by atoms with Crippen LogP contribution in [0.1, 0.15) is 32.6 Å². The second-order valence-corrected chi connectivity index (χ2v) is 16.5. The Bertz CT molecular complexity index is 271. The van der Waals surface area contributed by atoms with E-state index < -0.39 is 9.39 Å². The molecule has 17 heavy (non-hydrogen) atoms. The summed E-state index contributed by atoms with van der Waals surface area (Å²) in [5, 5.41) is 0. The van der Waals surface area contributed by atoms with E-state index in [4.69, 9.17) is 40.2 Å². The average molecular weight is 333 g/mol. The van der Waals surface area contributed by atoms with Crippen molar-refractivity contribution in [2.45, 2.75) is 39.2 Å². The van der Waals surface area contributed by atoms with Crippen molar-refractivity contribution in [1.29, 1.82) is 0 Å². The fourth-order valence-corrected chi connectivity index (χ4v) is 1.30. The molecule has 0 aromatic carbocycles. The molecule has 1 heterocycles. The highest BCUT2D eigenvalue weighted by Crippen LogP contribution is 2.23. The molecule has 1 aromatic rings. The third-order valence-corrected chi connectivity index (χ3v) is 2.05. The Morgan fingerprint density at radius 2 is 1.41 bits per heavy atom. The molecular formula is C11H18AlCl4N. The first-order valence-corrected chi connectivity index (χ1v) is 12.7. The van der Waals surface area contributed by atoms with E-state index in [1.807, 2.05) is 0 Å². The zero-order valence-corrected chi connectivity index (χ0v) is 14.1. The maximum atomic E-state index is 4.99. The third kappa shape index (κ3) is 16.8. The molecule has 0 radical (unpaired) electrons. The average Bonchev–Trinajstić information content (AvgIpc) is 2.24. The molecule has 0 bridgehead atoms. The van der Waals surface area contributed by atoms with Gasteiger partial charge in [-0.1, -0.05) is 25.8 Å². The van der Waals surface area contributed by atoms with Crippen LogP contribution in [0.3, 0.4) is 0 Å². The van der Waals surface area contributed by atoms with Gasteiger partial charge in [0.1, 0.15) is 6.54 Å². The van der Waals surface area contributed by atoms with E-state index in [1.54, 1.807) is 0 Å². The number of hydrogen-bond donors (Lipinski definition) is 0. The molecule has 0 aliphatic carbocycles. The Hall–Kier alpha value is 0.842. The maximum absolute atomic E-state index is 4.99. The monoisotopic (exact) mass is 331 g/mol. The number of aryl methyl sites for hydroxylation is 1. The molecule has 0 saturated heterocycles. The number of unbranched alkanes of at least 4 members (excludes halogenated alkanes) is 3. The second kappa shape index (κ2) is 10.7. The quantitative estimate of drug-likeness (QED) is 0.409. The molecule has 0 saturated carbocycles. The number of pyridine rings is 1. The van der Waals surface area contributed by atoms with Gasteiger partial charge in [0, 0.05) is 18.6 Å². The van der Waals surface area contributed by atoms with Crippen LogP contribution >= 0.6 is 40.2 Å². The molecule has 98 valence electrons. The van der Waals surface area contributed by atoms with Gasteiger partial charge in [0.05, 0.1) is 0 Å². The van der Waals surface area contributed by atoms with Crippen LogP contribution in [-0.2, 0) is 6.54 Å². The summed E-state index contributed by atoms with van der Waals surface area (Å²) in [6.07, 6.45) is 9.62. The van der Waals surface area contributed by atoms with E-state index in [-0.39, 0.29) is 0 Å². The summed E-state index contributed by atoms with van der Waals surface area (Å²) in [5.74, 6) is 0. The molecule has 0 unspecified atom stereocenters. The highest BCUT2D eigenvalue weighted by molar-refractivity contribution is 7.81. The van der Waals surface area contributed by atoms with Crippen molar-refractivity contribution in [3.05, 3.63) is 30.6 Å². The minimum atomic E-state index is -2.94.